The lowest BCUT2D eigenvalue weighted by Crippen LogP contribution is -2.64. The first-order valence-corrected chi connectivity index (χ1v) is 35.1. The van der Waals surface area contributed by atoms with Crippen molar-refractivity contribution in [2.45, 2.75) is 254 Å². The molecule has 11 amide bonds. The summed E-state index contributed by atoms with van der Waals surface area (Å²) in [6.45, 7) is 33.8. The molecule has 0 spiro atoms. The van der Waals surface area contributed by atoms with Crippen LogP contribution in [-0.2, 0) is 52.7 Å². The molecule has 0 bridgehead atoms. The van der Waals surface area contributed by atoms with Crippen LogP contribution in [0.5, 0.6) is 0 Å². The van der Waals surface area contributed by atoms with Crippen LogP contribution in [0.2, 0.25) is 0 Å². The zero-order chi connectivity index (χ0) is 72.4. The molecular formula is C70H125N13O12. The van der Waals surface area contributed by atoms with Gasteiger partial charge in [-0.05, 0) is 127 Å². The molecule has 2 saturated heterocycles. The van der Waals surface area contributed by atoms with E-state index in [4.69, 9.17) is 0 Å². The van der Waals surface area contributed by atoms with Gasteiger partial charge < -0.3 is 66.0 Å². The summed E-state index contributed by atoms with van der Waals surface area (Å²) in [7, 11) is 8.62. The predicted octanol–water partition coefficient (Wildman–Crippen LogP) is 3.47. The number of rotatable bonds is 18. The number of hydrogen-bond donors (Lipinski definition) is 6. The summed E-state index contributed by atoms with van der Waals surface area (Å²) in [5, 5.41) is 26.2. The molecule has 0 aromatic rings. The van der Waals surface area contributed by atoms with Gasteiger partial charge in [0.05, 0.1) is 6.10 Å². The second-order valence-corrected chi connectivity index (χ2v) is 29.6. The van der Waals surface area contributed by atoms with Crippen molar-refractivity contribution in [3.05, 3.63) is 12.2 Å². The fraction of sp³-hybridized carbons (Fsp3) is 0.814. The van der Waals surface area contributed by atoms with Crippen molar-refractivity contribution in [2.75, 3.05) is 75.0 Å². The van der Waals surface area contributed by atoms with E-state index in [0.717, 1.165) is 31.1 Å². The van der Waals surface area contributed by atoms with Gasteiger partial charge >= 0.3 is 0 Å². The minimum atomic E-state index is -1.62. The standard InChI is InChI=1S/C70H125N13O12/c1-24-26-28-46(14)59(84)58-64(89)73-51(25-2)66(91)76(18)49(17)65(90)80(22)57(45(13)31-32-82-33-35-83(36-34-82)50-29-27-30-50)63(88)75-55(43(9)10)69(94)77(19)53(38-41(5)6)62(87)72-47(15)60(85)71-48(16)61(86)74-52(37-40(3)4)67(92)78(20)54(39-42(7)8)68(93)79(21)56(44(11)12)70(95)81(58)23/h24,26,40-59,84H,25,27-39H2,1-23H3,(H,71,85)(H,72,87)(H,73,89)(H,74,86)(H,75,88). The molecule has 3 rings (SSSR count). The number of nitrogens with zero attached hydrogens (tertiary/aromatic N) is 8. The number of aliphatic hydroxyl groups excluding tert-OH is 1. The van der Waals surface area contributed by atoms with Crippen molar-refractivity contribution in [1.82, 2.24) is 65.8 Å². The van der Waals surface area contributed by atoms with Crippen molar-refractivity contribution in [3.8, 4) is 0 Å². The number of allylic oxidation sites excluding steroid dienone is 2. The average Bonchev–Trinajstić information content (AvgIpc) is 0.816. The largest absolute Gasteiger partial charge is 0.390 e. The SMILES string of the molecule is CC=CCC(C)C(O)C1C(=O)NC(CC)C(=O)N(C)C(C)C(=O)N(C)C(C(C)CCN2CCN(C3CCC3)CC2)C(=O)NC(C(C)C)C(=O)N(C)C(CC(C)C)C(=O)NC(C)C(=O)NC(C)C(=O)NC(CC(C)C)C(=O)N(C)C(CC(C)C)C(=O)N(C)C(C(C)C)C(=O)N1C. The normalized spacial score (nSPS) is 28.6. The Morgan fingerprint density at radius 3 is 1.45 bits per heavy atom. The Morgan fingerprint density at radius 2 is 0.958 bits per heavy atom. The molecular weight excluding hydrogens is 1210 g/mol. The number of carbonyl (C=O) groups is 11. The van der Waals surface area contributed by atoms with Gasteiger partial charge in [0.15, 0.2) is 0 Å². The van der Waals surface area contributed by atoms with E-state index in [2.05, 4.69) is 36.4 Å². The maximum absolute atomic E-state index is 15.3. The molecule has 14 unspecified atom stereocenters. The molecule has 6 N–H and O–H groups in total. The van der Waals surface area contributed by atoms with E-state index in [9.17, 15) is 33.9 Å². The Bertz CT molecular complexity index is 2620. The Labute approximate surface area is 569 Å². The minimum Gasteiger partial charge on any atom is -0.390 e. The predicted molar refractivity (Wildman–Crippen MR) is 368 cm³/mol. The number of amides is 11. The summed E-state index contributed by atoms with van der Waals surface area (Å²) in [6, 6.07) is -13.2. The van der Waals surface area contributed by atoms with Crippen LogP contribution in [0.15, 0.2) is 12.2 Å². The minimum absolute atomic E-state index is 0.0140. The average molecular weight is 1340 g/mol. The highest BCUT2D eigenvalue weighted by Crippen LogP contribution is 2.28. The van der Waals surface area contributed by atoms with E-state index < -0.39 is 161 Å². The van der Waals surface area contributed by atoms with Crippen LogP contribution in [-0.4, -0.2) is 263 Å². The summed E-state index contributed by atoms with van der Waals surface area (Å²) in [5.74, 6) is -10.2. The summed E-state index contributed by atoms with van der Waals surface area (Å²) >= 11 is 0. The van der Waals surface area contributed by atoms with Gasteiger partial charge in [-0.2, -0.15) is 0 Å². The van der Waals surface area contributed by atoms with Crippen LogP contribution in [0.4, 0.5) is 0 Å². The van der Waals surface area contributed by atoms with Gasteiger partial charge in [-0.1, -0.05) is 109 Å². The fourth-order valence-corrected chi connectivity index (χ4v) is 13.1. The lowest BCUT2D eigenvalue weighted by molar-refractivity contribution is -0.156. The van der Waals surface area contributed by atoms with E-state index in [1.807, 2.05) is 61.5 Å². The third kappa shape index (κ3) is 22.7. The maximum Gasteiger partial charge on any atom is 0.246 e. The van der Waals surface area contributed by atoms with Gasteiger partial charge in [-0.3, -0.25) is 57.6 Å². The summed E-state index contributed by atoms with van der Waals surface area (Å²) < 4.78 is 0. The number of aliphatic hydroxyl groups is 1. The number of nitrogens with one attached hydrogen (secondary N) is 5. The highest BCUT2D eigenvalue weighted by Gasteiger charge is 2.46. The lowest BCUT2D eigenvalue weighted by Gasteiger charge is -2.43. The number of carbonyl (C=O) groups excluding carboxylic acids is 11. The molecule has 0 aromatic carbocycles. The van der Waals surface area contributed by atoms with Crippen LogP contribution in [0.25, 0.3) is 0 Å². The van der Waals surface area contributed by atoms with Crippen molar-refractivity contribution in [1.29, 1.82) is 0 Å². The Kier molecular flexibility index (Phi) is 33.3. The molecule has 0 aromatic heterocycles. The first kappa shape index (κ1) is 83.0. The molecule has 2 aliphatic heterocycles. The van der Waals surface area contributed by atoms with E-state index in [1.54, 1.807) is 47.6 Å². The van der Waals surface area contributed by atoms with Gasteiger partial charge in [0.25, 0.3) is 0 Å². The molecule has 14 atom stereocenters. The zero-order valence-electron chi connectivity index (χ0n) is 62.1. The molecule has 3 aliphatic rings. The Hall–Kier alpha value is -6.21. The highest BCUT2D eigenvalue weighted by molar-refractivity contribution is 6.00. The lowest BCUT2D eigenvalue weighted by atomic mass is 9.91. The van der Waals surface area contributed by atoms with Crippen LogP contribution >= 0.6 is 0 Å². The molecule has 3 fully saturated rings. The third-order valence-corrected chi connectivity index (χ3v) is 19.8. The van der Waals surface area contributed by atoms with Crippen molar-refractivity contribution >= 4 is 65.0 Å². The third-order valence-electron chi connectivity index (χ3n) is 19.8. The fourth-order valence-electron chi connectivity index (χ4n) is 13.1. The summed E-state index contributed by atoms with van der Waals surface area (Å²) in [5.41, 5.74) is 0. The van der Waals surface area contributed by atoms with E-state index in [1.165, 1.54) is 107 Å². The van der Waals surface area contributed by atoms with Gasteiger partial charge in [-0.25, -0.2) is 0 Å². The van der Waals surface area contributed by atoms with Gasteiger partial charge in [0, 0.05) is 74.5 Å². The quantitative estimate of drug-likeness (QED) is 0.107. The molecule has 95 heavy (non-hydrogen) atoms. The van der Waals surface area contributed by atoms with Crippen molar-refractivity contribution < 1.29 is 57.8 Å². The first-order valence-electron chi connectivity index (χ1n) is 35.1. The molecule has 25 nitrogen and oxygen atoms in total. The number of likely N-dealkylation sites (N-methyl/N-ethyl adjacent to an activating group) is 6. The molecule has 542 valence electrons. The van der Waals surface area contributed by atoms with Crippen molar-refractivity contribution in [3.63, 3.8) is 0 Å². The van der Waals surface area contributed by atoms with Gasteiger partial charge in [-0.15, -0.1) is 0 Å². The topological polar surface area (TPSA) is 294 Å². The second kappa shape index (κ2) is 38.1. The Balaban J connectivity index is 2.30. The maximum atomic E-state index is 15.3. The van der Waals surface area contributed by atoms with Crippen molar-refractivity contribution in [2.24, 2.45) is 41.4 Å². The smallest absolute Gasteiger partial charge is 0.246 e. The monoisotopic (exact) mass is 1340 g/mol. The zero-order valence-corrected chi connectivity index (χ0v) is 62.1. The molecule has 2 heterocycles. The molecule has 1 aliphatic carbocycles. The molecule has 25 heteroatoms. The van der Waals surface area contributed by atoms with Gasteiger partial charge in [0.2, 0.25) is 65.0 Å². The van der Waals surface area contributed by atoms with E-state index in [0.29, 0.717) is 25.4 Å². The second-order valence-electron chi connectivity index (χ2n) is 29.6. The van der Waals surface area contributed by atoms with Crippen LogP contribution in [0, 0.1) is 41.4 Å². The molecule has 1 saturated carbocycles. The molecule has 0 radical (unpaired) electrons. The highest BCUT2D eigenvalue weighted by atomic mass is 16.3. The number of hydrogen-bond acceptors (Lipinski definition) is 14. The van der Waals surface area contributed by atoms with Crippen LogP contribution in [0.1, 0.15) is 175 Å². The van der Waals surface area contributed by atoms with E-state index in [-0.39, 0.29) is 43.4 Å². The van der Waals surface area contributed by atoms with Crippen LogP contribution < -0.4 is 26.6 Å². The summed E-state index contributed by atoms with van der Waals surface area (Å²) in [6.07, 6.45) is 6.97. The van der Waals surface area contributed by atoms with Gasteiger partial charge in [0.1, 0.15) is 66.5 Å². The van der Waals surface area contributed by atoms with Crippen LogP contribution in [0.3, 0.4) is 0 Å². The van der Waals surface area contributed by atoms with E-state index >= 15 is 24.0 Å². The number of piperazine rings is 1. The Morgan fingerprint density at radius 1 is 0.484 bits per heavy atom. The first-order chi connectivity index (χ1) is 44.2. The summed E-state index contributed by atoms with van der Waals surface area (Å²) in [4.78, 5) is 175.